The molecule has 1 heterocycles. The minimum atomic E-state index is -0.547. The van der Waals surface area contributed by atoms with Crippen LogP contribution in [0.15, 0.2) is 47.6 Å². The Morgan fingerprint density at radius 2 is 2.03 bits per heavy atom. The van der Waals surface area contributed by atoms with Crippen molar-refractivity contribution in [1.82, 2.24) is 14.8 Å². The number of carbonyl (C=O) groups is 1. The largest absolute Gasteiger partial charge is 0.484 e. The molecule has 1 N–H and O–H groups in total. The van der Waals surface area contributed by atoms with Gasteiger partial charge in [-0.05, 0) is 25.1 Å². The predicted octanol–water partition coefficient (Wildman–Crippen LogP) is 4.82. The lowest BCUT2D eigenvalue weighted by atomic mass is 10.2. The van der Waals surface area contributed by atoms with Crippen molar-refractivity contribution in [3.8, 4) is 5.75 Å². The van der Waals surface area contributed by atoms with E-state index in [2.05, 4.69) is 15.5 Å². The van der Waals surface area contributed by atoms with E-state index in [-0.39, 0.29) is 23.7 Å². The van der Waals surface area contributed by atoms with E-state index in [4.69, 9.17) is 27.9 Å². The number of aromatic nitrogens is 3. The van der Waals surface area contributed by atoms with Crippen molar-refractivity contribution in [2.75, 3.05) is 11.1 Å². The van der Waals surface area contributed by atoms with Gasteiger partial charge >= 0.3 is 0 Å². The summed E-state index contributed by atoms with van der Waals surface area (Å²) in [6.45, 7) is 2.59. The summed E-state index contributed by atoms with van der Waals surface area (Å²) in [4.78, 5) is 22.8. The molecular weight excluding hydrogens is 465 g/mol. The van der Waals surface area contributed by atoms with E-state index in [0.717, 1.165) is 0 Å². The Hall–Kier alpha value is -2.82. The number of carbonyl (C=O) groups excluding carboxylic acids is 1. The van der Waals surface area contributed by atoms with E-state index in [9.17, 15) is 14.9 Å². The maximum absolute atomic E-state index is 12.3. The van der Waals surface area contributed by atoms with Gasteiger partial charge in [0.1, 0.15) is 18.0 Å². The molecule has 3 rings (SSSR count). The van der Waals surface area contributed by atoms with Crippen LogP contribution in [0.3, 0.4) is 0 Å². The number of hydrogen-bond acceptors (Lipinski definition) is 7. The van der Waals surface area contributed by atoms with Gasteiger partial charge < -0.3 is 14.6 Å². The van der Waals surface area contributed by atoms with Crippen LogP contribution in [0.25, 0.3) is 0 Å². The Morgan fingerprint density at radius 1 is 1.26 bits per heavy atom. The lowest BCUT2D eigenvalue weighted by Crippen LogP contribution is -2.15. The summed E-state index contributed by atoms with van der Waals surface area (Å²) < 4.78 is 7.51. The van der Waals surface area contributed by atoms with Crippen molar-refractivity contribution >= 4 is 52.2 Å². The first-order valence-electron chi connectivity index (χ1n) is 9.05. The highest BCUT2D eigenvalue weighted by molar-refractivity contribution is 7.99. The fraction of sp³-hybridized carbons (Fsp3) is 0.211. The standard InChI is InChI=1S/C19H17Cl2N5O4S/c1-2-25-17(10-30-16-9-12(20)7-8-13(16)21)23-24-19(25)31-11-18(27)22-14-5-3-4-6-15(14)26(28)29/h3-9H,2,10-11H2,1H3,(H,22,27). The first kappa shape index (κ1) is 22.9. The average molecular weight is 482 g/mol. The number of benzene rings is 2. The second-order valence-corrected chi connectivity index (χ2v) is 7.90. The molecule has 0 bridgehead atoms. The number of nitrogens with zero attached hydrogens (tertiary/aromatic N) is 4. The quantitative estimate of drug-likeness (QED) is 0.264. The van der Waals surface area contributed by atoms with E-state index in [1.54, 1.807) is 28.8 Å². The van der Waals surface area contributed by atoms with Crippen LogP contribution in [0.5, 0.6) is 5.75 Å². The fourth-order valence-electron chi connectivity index (χ4n) is 2.64. The van der Waals surface area contributed by atoms with Crippen molar-refractivity contribution in [3.63, 3.8) is 0 Å². The summed E-state index contributed by atoms with van der Waals surface area (Å²) >= 11 is 13.2. The number of halogens is 2. The van der Waals surface area contributed by atoms with Crippen molar-refractivity contribution in [3.05, 3.63) is 68.4 Å². The van der Waals surface area contributed by atoms with Gasteiger partial charge in [-0.3, -0.25) is 14.9 Å². The van der Waals surface area contributed by atoms with Crippen LogP contribution in [-0.4, -0.2) is 31.3 Å². The Bertz CT molecular complexity index is 1110. The number of thioether (sulfide) groups is 1. The monoisotopic (exact) mass is 481 g/mol. The number of nitro benzene ring substituents is 1. The molecule has 9 nitrogen and oxygen atoms in total. The molecule has 0 unspecified atom stereocenters. The summed E-state index contributed by atoms with van der Waals surface area (Å²) in [5.41, 5.74) is -0.0285. The number of ether oxygens (including phenoxy) is 1. The van der Waals surface area contributed by atoms with Gasteiger partial charge in [0.25, 0.3) is 5.69 Å². The molecule has 0 saturated carbocycles. The number of rotatable bonds is 9. The van der Waals surface area contributed by atoms with Gasteiger partial charge in [-0.25, -0.2) is 0 Å². The third kappa shape index (κ3) is 5.87. The van der Waals surface area contributed by atoms with Gasteiger partial charge in [-0.1, -0.05) is 47.1 Å². The Morgan fingerprint density at radius 3 is 2.77 bits per heavy atom. The van der Waals surface area contributed by atoms with Gasteiger partial charge in [0.15, 0.2) is 11.0 Å². The summed E-state index contributed by atoms with van der Waals surface area (Å²) in [5.74, 6) is 0.594. The highest BCUT2D eigenvalue weighted by atomic mass is 35.5. The molecule has 2 aromatic carbocycles. The highest BCUT2D eigenvalue weighted by Crippen LogP contribution is 2.29. The second kappa shape index (κ2) is 10.5. The van der Waals surface area contributed by atoms with Crippen molar-refractivity contribution < 1.29 is 14.5 Å². The van der Waals surface area contributed by atoms with Crippen LogP contribution in [0.1, 0.15) is 12.7 Å². The van der Waals surface area contributed by atoms with Crippen molar-refractivity contribution in [2.24, 2.45) is 0 Å². The molecule has 0 fully saturated rings. The number of amides is 1. The lowest BCUT2D eigenvalue weighted by molar-refractivity contribution is -0.383. The number of nitrogens with one attached hydrogen (secondary N) is 1. The summed E-state index contributed by atoms with van der Waals surface area (Å²) in [7, 11) is 0. The van der Waals surface area contributed by atoms with Gasteiger partial charge in [-0.15, -0.1) is 10.2 Å². The van der Waals surface area contributed by atoms with Crippen LogP contribution in [0, 0.1) is 10.1 Å². The molecule has 31 heavy (non-hydrogen) atoms. The minimum Gasteiger partial charge on any atom is -0.484 e. The summed E-state index contributed by atoms with van der Waals surface area (Å²) in [5, 5.41) is 23.3. The fourth-order valence-corrected chi connectivity index (χ4v) is 3.79. The average Bonchev–Trinajstić information content (AvgIpc) is 3.15. The third-order valence-electron chi connectivity index (χ3n) is 4.07. The molecular formula is C19H17Cl2N5O4S. The molecule has 162 valence electrons. The first-order valence-corrected chi connectivity index (χ1v) is 10.8. The maximum atomic E-state index is 12.3. The lowest BCUT2D eigenvalue weighted by Gasteiger charge is -2.10. The normalized spacial score (nSPS) is 10.7. The van der Waals surface area contributed by atoms with E-state index in [1.165, 1.54) is 30.0 Å². The first-order chi connectivity index (χ1) is 14.9. The zero-order chi connectivity index (χ0) is 22.4. The van der Waals surface area contributed by atoms with Crippen LogP contribution in [0.4, 0.5) is 11.4 Å². The molecule has 1 aromatic heterocycles. The zero-order valence-corrected chi connectivity index (χ0v) is 18.6. The molecule has 3 aromatic rings. The van der Waals surface area contributed by atoms with Crippen molar-refractivity contribution in [1.29, 1.82) is 0 Å². The van der Waals surface area contributed by atoms with Crippen molar-refractivity contribution in [2.45, 2.75) is 25.2 Å². The number of hydrogen-bond donors (Lipinski definition) is 1. The highest BCUT2D eigenvalue weighted by Gasteiger charge is 2.17. The number of nitro groups is 1. The summed E-state index contributed by atoms with van der Waals surface area (Å²) in [6, 6.07) is 10.9. The van der Waals surface area contributed by atoms with E-state index in [1.807, 2.05) is 6.92 Å². The molecule has 0 radical (unpaired) electrons. The van der Waals surface area contributed by atoms with Crippen LogP contribution >= 0.6 is 35.0 Å². The topological polar surface area (TPSA) is 112 Å². The smallest absolute Gasteiger partial charge is 0.292 e. The maximum Gasteiger partial charge on any atom is 0.292 e. The second-order valence-electron chi connectivity index (χ2n) is 6.12. The SMILES string of the molecule is CCn1c(COc2cc(Cl)ccc2Cl)nnc1SCC(=O)Nc1ccccc1[N+](=O)[O-]. The molecule has 0 spiro atoms. The predicted molar refractivity (Wildman–Crippen MR) is 119 cm³/mol. The van der Waals surface area contributed by atoms with E-state index in [0.29, 0.717) is 33.3 Å². The molecule has 0 aliphatic rings. The van der Waals surface area contributed by atoms with Crippen LogP contribution < -0.4 is 10.1 Å². The number of para-hydroxylation sites is 2. The molecule has 0 aliphatic carbocycles. The molecule has 1 amide bonds. The van der Waals surface area contributed by atoms with Gasteiger partial charge in [0.2, 0.25) is 5.91 Å². The van der Waals surface area contributed by atoms with Gasteiger partial charge in [-0.2, -0.15) is 0 Å². The van der Waals surface area contributed by atoms with E-state index >= 15 is 0 Å². The van der Waals surface area contributed by atoms with Gasteiger partial charge in [0.05, 0.1) is 15.7 Å². The molecule has 0 atom stereocenters. The van der Waals surface area contributed by atoms with Crippen LogP contribution in [-0.2, 0) is 17.9 Å². The molecule has 0 aliphatic heterocycles. The summed E-state index contributed by atoms with van der Waals surface area (Å²) in [6.07, 6.45) is 0. The minimum absolute atomic E-state index is 0.00512. The van der Waals surface area contributed by atoms with E-state index < -0.39 is 10.8 Å². The number of anilines is 1. The van der Waals surface area contributed by atoms with Gasteiger partial charge in [0, 0.05) is 23.7 Å². The van der Waals surface area contributed by atoms with Crippen LogP contribution in [0.2, 0.25) is 10.0 Å². The Labute approximate surface area is 191 Å². The Kier molecular flexibility index (Phi) is 7.72. The third-order valence-corrected chi connectivity index (χ3v) is 5.58. The Balaban J connectivity index is 1.62. The zero-order valence-electron chi connectivity index (χ0n) is 16.2. The molecule has 0 saturated heterocycles. The molecule has 12 heteroatoms.